The van der Waals surface area contributed by atoms with Crippen LogP contribution in [0.1, 0.15) is 11.8 Å². The van der Waals surface area contributed by atoms with Crippen LogP contribution in [-0.2, 0) is 16.6 Å². The lowest BCUT2D eigenvalue weighted by Crippen LogP contribution is -2.29. The molecule has 0 bridgehead atoms. The highest BCUT2D eigenvalue weighted by Gasteiger charge is 2.24. The van der Waals surface area contributed by atoms with E-state index in [9.17, 15) is 8.42 Å². The Hall–Kier alpha value is -0.690. The van der Waals surface area contributed by atoms with Crippen LogP contribution in [0.15, 0.2) is 39.2 Å². The van der Waals surface area contributed by atoms with E-state index in [1.807, 2.05) is 24.4 Å². The van der Waals surface area contributed by atoms with E-state index in [1.165, 1.54) is 15.6 Å². The zero-order chi connectivity index (χ0) is 12.3. The first-order valence-electron chi connectivity index (χ1n) is 5.20. The lowest BCUT2D eigenvalue weighted by molar-refractivity contribution is 0.428. The summed E-state index contributed by atoms with van der Waals surface area (Å²) in [6, 6.07) is 7.30. The van der Waals surface area contributed by atoms with Crippen LogP contribution >= 0.6 is 22.7 Å². The summed E-state index contributed by atoms with van der Waals surface area (Å²) in [6.07, 6.45) is 0. The molecule has 2 aromatic rings. The molecule has 0 spiro atoms. The number of sulfonamides is 1. The van der Waals surface area contributed by atoms with Gasteiger partial charge in [-0.3, -0.25) is 0 Å². The van der Waals surface area contributed by atoms with Gasteiger partial charge in [0.1, 0.15) is 4.21 Å². The molecule has 0 aliphatic rings. The third-order valence-corrected chi connectivity index (χ3v) is 6.51. The van der Waals surface area contributed by atoms with Crippen LogP contribution in [0.2, 0.25) is 0 Å². The number of rotatable bonds is 5. The van der Waals surface area contributed by atoms with Crippen molar-refractivity contribution in [2.75, 3.05) is 6.54 Å². The number of hydrogen-bond acceptors (Lipinski definition) is 4. The van der Waals surface area contributed by atoms with E-state index in [-0.39, 0.29) is 0 Å². The Morgan fingerprint density at radius 1 is 1.18 bits per heavy atom. The fraction of sp³-hybridized carbons (Fsp3) is 0.273. The van der Waals surface area contributed by atoms with E-state index in [4.69, 9.17) is 0 Å². The Kier molecular flexibility index (Phi) is 3.98. The molecular weight excluding hydrogens is 274 g/mol. The minimum Gasteiger partial charge on any atom is -0.206 e. The summed E-state index contributed by atoms with van der Waals surface area (Å²) in [4.78, 5) is 1.06. The molecule has 0 N–H and O–H groups in total. The van der Waals surface area contributed by atoms with Crippen molar-refractivity contribution in [3.05, 3.63) is 39.9 Å². The summed E-state index contributed by atoms with van der Waals surface area (Å²) < 4.78 is 26.5. The topological polar surface area (TPSA) is 37.4 Å². The van der Waals surface area contributed by atoms with E-state index in [2.05, 4.69) is 0 Å². The lowest BCUT2D eigenvalue weighted by Gasteiger charge is -2.18. The molecular formula is C11H13NO2S3. The van der Waals surface area contributed by atoms with Crippen molar-refractivity contribution >= 4 is 32.7 Å². The molecule has 0 amide bonds. The van der Waals surface area contributed by atoms with Gasteiger partial charge in [0.2, 0.25) is 0 Å². The second-order valence-corrected chi connectivity index (χ2v) is 7.59. The van der Waals surface area contributed by atoms with E-state index in [1.54, 1.807) is 28.8 Å². The average Bonchev–Trinajstić information content (AvgIpc) is 2.98. The molecule has 0 fully saturated rings. The van der Waals surface area contributed by atoms with E-state index < -0.39 is 10.0 Å². The maximum absolute atomic E-state index is 12.3. The molecule has 0 saturated heterocycles. The highest BCUT2D eigenvalue weighted by Crippen LogP contribution is 2.23. The largest absolute Gasteiger partial charge is 0.252 e. The highest BCUT2D eigenvalue weighted by molar-refractivity contribution is 7.91. The van der Waals surface area contributed by atoms with Crippen molar-refractivity contribution in [3.63, 3.8) is 0 Å². The minimum absolute atomic E-state index is 0.413. The van der Waals surface area contributed by atoms with Gasteiger partial charge in [0.25, 0.3) is 10.0 Å². The molecule has 92 valence electrons. The van der Waals surface area contributed by atoms with Gasteiger partial charge in [0.15, 0.2) is 0 Å². The Labute approximate surface area is 109 Å². The third kappa shape index (κ3) is 2.77. The van der Waals surface area contributed by atoms with E-state index >= 15 is 0 Å². The molecule has 2 rings (SSSR count). The van der Waals surface area contributed by atoms with Crippen LogP contribution in [0.25, 0.3) is 0 Å². The third-order valence-electron chi connectivity index (χ3n) is 2.35. The van der Waals surface area contributed by atoms with Gasteiger partial charge < -0.3 is 0 Å². The predicted molar refractivity (Wildman–Crippen MR) is 71.9 cm³/mol. The van der Waals surface area contributed by atoms with Crippen LogP contribution in [-0.4, -0.2) is 19.3 Å². The van der Waals surface area contributed by atoms with Crippen LogP contribution in [0, 0.1) is 0 Å². The molecule has 0 unspecified atom stereocenters. The summed E-state index contributed by atoms with van der Waals surface area (Å²) in [7, 11) is -3.33. The minimum atomic E-state index is -3.33. The standard InChI is InChI=1S/C11H13NO2S3/c1-2-12(9-10-5-3-7-15-10)17(13,14)11-6-4-8-16-11/h3-8H,2,9H2,1H3. The summed E-state index contributed by atoms with van der Waals surface area (Å²) in [6.45, 7) is 2.80. The summed E-state index contributed by atoms with van der Waals surface area (Å²) in [5, 5.41) is 3.74. The Morgan fingerprint density at radius 2 is 1.88 bits per heavy atom. The second-order valence-electron chi connectivity index (χ2n) is 3.44. The Morgan fingerprint density at radius 3 is 2.41 bits per heavy atom. The van der Waals surface area contributed by atoms with Crippen LogP contribution in [0.5, 0.6) is 0 Å². The van der Waals surface area contributed by atoms with Gasteiger partial charge in [-0.2, -0.15) is 4.31 Å². The second kappa shape index (κ2) is 5.30. The maximum atomic E-state index is 12.3. The van der Waals surface area contributed by atoms with Gasteiger partial charge in [0, 0.05) is 18.0 Å². The first-order chi connectivity index (χ1) is 8.14. The molecule has 0 atom stereocenters. The Bertz CT molecular complexity index is 544. The van der Waals surface area contributed by atoms with E-state index in [0.29, 0.717) is 17.3 Å². The molecule has 3 nitrogen and oxygen atoms in total. The summed E-state index contributed by atoms with van der Waals surface area (Å²) in [5.41, 5.74) is 0. The van der Waals surface area contributed by atoms with Crippen LogP contribution < -0.4 is 0 Å². The summed E-state index contributed by atoms with van der Waals surface area (Å²) in [5.74, 6) is 0. The van der Waals surface area contributed by atoms with Crippen LogP contribution in [0.3, 0.4) is 0 Å². The normalized spacial score (nSPS) is 12.1. The van der Waals surface area contributed by atoms with Crippen molar-refractivity contribution in [3.8, 4) is 0 Å². The van der Waals surface area contributed by atoms with Gasteiger partial charge in [-0.15, -0.1) is 22.7 Å². The van der Waals surface area contributed by atoms with Gasteiger partial charge in [-0.25, -0.2) is 8.42 Å². The molecule has 2 heterocycles. The SMILES string of the molecule is CCN(Cc1cccs1)S(=O)(=O)c1cccs1. The first kappa shape index (κ1) is 12.8. The predicted octanol–water partition coefficient (Wildman–Crippen LogP) is 3.02. The van der Waals surface area contributed by atoms with Gasteiger partial charge in [0.05, 0.1) is 0 Å². The fourth-order valence-electron chi connectivity index (χ4n) is 1.48. The van der Waals surface area contributed by atoms with Crippen molar-refractivity contribution in [2.45, 2.75) is 17.7 Å². The lowest BCUT2D eigenvalue weighted by atomic mass is 10.4. The molecule has 17 heavy (non-hydrogen) atoms. The van der Waals surface area contributed by atoms with E-state index in [0.717, 1.165) is 4.88 Å². The van der Waals surface area contributed by atoms with Crippen molar-refractivity contribution in [1.82, 2.24) is 4.31 Å². The number of hydrogen-bond donors (Lipinski definition) is 0. The highest BCUT2D eigenvalue weighted by atomic mass is 32.2. The quantitative estimate of drug-likeness (QED) is 0.847. The zero-order valence-corrected chi connectivity index (χ0v) is 11.8. The van der Waals surface area contributed by atoms with Crippen LogP contribution in [0.4, 0.5) is 0 Å². The fourth-order valence-corrected chi connectivity index (χ4v) is 4.85. The smallest absolute Gasteiger partial charge is 0.206 e. The summed E-state index contributed by atoms with van der Waals surface area (Å²) >= 11 is 2.84. The molecule has 0 aliphatic heterocycles. The Balaban J connectivity index is 2.24. The van der Waals surface area contributed by atoms with Crippen molar-refractivity contribution in [2.24, 2.45) is 0 Å². The molecule has 0 aliphatic carbocycles. The van der Waals surface area contributed by atoms with Crippen molar-refractivity contribution in [1.29, 1.82) is 0 Å². The maximum Gasteiger partial charge on any atom is 0.252 e. The first-order valence-corrected chi connectivity index (χ1v) is 8.40. The molecule has 2 aromatic heterocycles. The van der Waals surface area contributed by atoms with Gasteiger partial charge in [-0.05, 0) is 22.9 Å². The number of nitrogens with zero attached hydrogens (tertiary/aromatic N) is 1. The van der Waals surface area contributed by atoms with Crippen molar-refractivity contribution < 1.29 is 8.42 Å². The average molecular weight is 287 g/mol. The monoisotopic (exact) mass is 287 g/mol. The molecule has 6 heteroatoms. The zero-order valence-electron chi connectivity index (χ0n) is 9.37. The molecule has 0 radical (unpaired) electrons. The van der Waals surface area contributed by atoms with Gasteiger partial charge in [-0.1, -0.05) is 19.1 Å². The van der Waals surface area contributed by atoms with Gasteiger partial charge >= 0.3 is 0 Å². The number of thiophene rings is 2. The molecule has 0 aromatic carbocycles. The molecule has 0 saturated carbocycles.